The number of rotatable bonds is 4. The SMILES string of the molecule is Cl.NCC1(NC(=O)c2ccc(-c3ccc(F)cc3)s2)CCCC1. The summed E-state index contributed by atoms with van der Waals surface area (Å²) in [7, 11) is 0. The highest BCUT2D eigenvalue weighted by atomic mass is 35.5. The molecule has 0 radical (unpaired) electrons. The second-order valence-corrected chi connectivity index (χ2v) is 6.90. The molecule has 124 valence electrons. The summed E-state index contributed by atoms with van der Waals surface area (Å²) in [6.07, 6.45) is 4.13. The highest BCUT2D eigenvalue weighted by molar-refractivity contribution is 7.17. The summed E-state index contributed by atoms with van der Waals surface area (Å²) in [6.45, 7) is 0.481. The highest BCUT2D eigenvalue weighted by Gasteiger charge is 2.34. The van der Waals surface area contributed by atoms with Gasteiger partial charge in [-0.25, -0.2) is 4.39 Å². The number of amides is 1. The standard InChI is InChI=1S/C17H19FN2OS.ClH/c18-13-5-3-12(4-6-13)14-7-8-15(22-14)16(21)20-17(11-19)9-1-2-10-17;/h3-8H,1-2,9-11,19H2,(H,20,21);1H. The minimum atomic E-state index is -0.260. The average molecular weight is 355 g/mol. The predicted molar refractivity (Wildman–Crippen MR) is 94.7 cm³/mol. The molecule has 2 aromatic rings. The molecule has 1 heterocycles. The van der Waals surface area contributed by atoms with Gasteiger partial charge in [-0.1, -0.05) is 25.0 Å². The number of thiophene rings is 1. The largest absolute Gasteiger partial charge is 0.345 e. The van der Waals surface area contributed by atoms with Gasteiger partial charge in [0.25, 0.3) is 5.91 Å². The van der Waals surface area contributed by atoms with E-state index in [0.717, 1.165) is 36.1 Å². The monoisotopic (exact) mass is 354 g/mol. The van der Waals surface area contributed by atoms with Crippen molar-refractivity contribution in [3.63, 3.8) is 0 Å². The molecule has 23 heavy (non-hydrogen) atoms. The fourth-order valence-electron chi connectivity index (χ4n) is 2.96. The first-order valence-electron chi connectivity index (χ1n) is 7.50. The van der Waals surface area contributed by atoms with Crippen molar-refractivity contribution in [1.29, 1.82) is 0 Å². The summed E-state index contributed by atoms with van der Waals surface area (Å²) in [5.41, 5.74) is 6.54. The van der Waals surface area contributed by atoms with E-state index in [0.29, 0.717) is 11.4 Å². The minimum Gasteiger partial charge on any atom is -0.345 e. The highest BCUT2D eigenvalue weighted by Crippen LogP contribution is 2.31. The molecule has 0 saturated heterocycles. The van der Waals surface area contributed by atoms with Gasteiger partial charge in [0.1, 0.15) is 5.82 Å². The Hall–Kier alpha value is -1.43. The zero-order valence-electron chi connectivity index (χ0n) is 12.7. The number of carbonyl (C=O) groups excluding carboxylic acids is 1. The lowest BCUT2D eigenvalue weighted by atomic mass is 9.98. The molecule has 0 bridgehead atoms. The van der Waals surface area contributed by atoms with Crippen molar-refractivity contribution in [2.75, 3.05) is 6.54 Å². The lowest BCUT2D eigenvalue weighted by Crippen LogP contribution is -2.51. The summed E-state index contributed by atoms with van der Waals surface area (Å²) in [4.78, 5) is 14.1. The first-order valence-corrected chi connectivity index (χ1v) is 8.32. The summed E-state index contributed by atoms with van der Waals surface area (Å²) in [5, 5.41) is 3.12. The molecule has 0 atom stereocenters. The quantitative estimate of drug-likeness (QED) is 0.872. The third-order valence-corrected chi connectivity index (χ3v) is 5.42. The van der Waals surface area contributed by atoms with Crippen LogP contribution in [0, 0.1) is 5.82 Å². The Kier molecular flexibility index (Phi) is 5.79. The lowest BCUT2D eigenvalue weighted by molar-refractivity contribution is 0.0907. The molecule has 6 heteroatoms. The molecule has 1 fully saturated rings. The van der Waals surface area contributed by atoms with Crippen LogP contribution < -0.4 is 11.1 Å². The first kappa shape index (κ1) is 17.9. The summed E-state index contributed by atoms with van der Waals surface area (Å²) in [6, 6.07) is 10.0. The Morgan fingerprint density at radius 1 is 1.17 bits per heavy atom. The van der Waals surface area contributed by atoms with Crippen LogP contribution in [0.4, 0.5) is 4.39 Å². The van der Waals surface area contributed by atoms with E-state index in [4.69, 9.17) is 5.73 Å². The van der Waals surface area contributed by atoms with Crippen LogP contribution in [0.15, 0.2) is 36.4 Å². The van der Waals surface area contributed by atoms with Crippen molar-refractivity contribution in [1.82, 2.24) is 5.32 Å². The number of carbonyl (C=O) groups is 1. The zero-order chi connectivity index (χ0) is 15.6. The van der Waals surface area contributed by atoms with Crippen LogP contribution in [0.1, 0.15) is 35.4 Å². The fraction of sp³-hybridized carbons (Fsp3) is 0.353. The van der Waals surface area contributed by atoms with E-state index in [1.165, 1.54) is 23.5 Å². The molecule has 0 spiro atoms. The molecule has 1 amide bonds. The third kappa shape index (κ3) is 3.91. The summed E-state index contributed by atoms with van der Waals surface area (Å²) in [5.74, 6) is -0.324. The van der Waals surface area contributed by atoms with Gasteiger partial charge in [0, 0.05) is 11.4 Å². The van der Waals surface area contributed by atoms with Gasteiger partial charge in [0.2, 0.25) is 0 Å². The predicted octanol–water partition coefficient (Wildman–Crippen LogP) is 3.98. The Morgan fingerprint density at radius 3 is 2.43 bits per heavy atom. The van der Waals surface area contributed by atoms with Crippen LogP contribution >= 0.6 is 23.7 Å². The molecule has 0 unspecified atom stereocenters. The third-order valence-electron chi connectivity index (χ3n) is 4.29. The number of hydrogen-bond acceptors (Lipinski definition) is 3. The molecular weight excluding hydrogens is 335 g/mol. The first-order chi connectivity index (χ1) is 10.6. The van der Waals surface area contributed by atoms with E-state index in [2.05, 4.69) is 5.32 Å². The molecule has 1 aliphatic rings. The molecule has 1 aliphatic carbocycles. The minimum absolute atomic E-state index is 0. The van der Waals surface area contributed by atoms with E-state index in [1.54, 1.807) is 12.1 Å². The van der Waals surface area contributed by atoms with E-state index >= 15 is 0 Å². The second kappa shape index (κ2) is 7.43. The Labute approximate surface area is 145 Å². The van der Waals surface area contributed by atoms with E-state index in [1.807, 2.05) is 12.1 Å². The molecule has 0 aliphatic heterocycles. The molecule has 3 N–H and O–H groups in total. The van der Waals surface area contributed by atoms with Gasteiger partial charge in [-0.05, 0) is 42.7 Å². The summed E-state index contributed by atoms with van der Waals surface area (Å²) >= 11 is 1.42. The number of benzene rings is 1. The number of nitrogens with two attached hydrogens (primary N) is 1. The van der Waals surface area contributed by atoms with Crippen LogP contribution in [0.3, 0.4) is 0 Å². The van der Waals surface area contributed by atoms with Gasteiger partial charge >= 0.3 is 0 Å². The molecular formula is C17H20ClFN2OS. The van der Waals surface area contributed by atoms with Crippen LogP contribution in [0.25, 0.3) is 10.4 Å². The van der Waals surface area contributed by atoms with Crippen LogP contribution in [-0.2, 0) is 0 Å². The van der Waals surface area contributed by atoms with Crippen LogP contribution in [0.5, 0.6) is 0 Å². The van der Waals surface area contributed by atoms with Gasteiger partial charge in [-0.15, -0.1) is 23.7 Å². The maximum Gasteiger partial charge on any atom is 0.261 e. The summed E-state index contributed by atoms with van der Waals surface area (Å²) < 4.78 is 13.0. The topological polar surface area (TPSA) is 55.1 Å². The van der Waals surface area contributed by atoms with Crippen molar-refractivity contribution in [2.45, 2.75) is 31.2 Å². The van der Waals surface area contributed by atoms with Crippen LogP contribution in [-0.4, -0.2) is 18.0 Å². The van der Waals surface area contributed by atoms with E-state index in [-0.39, 0.29) is 29.7 Å². The van der Waals surface area contributed by atoms with Crippen molar-refractivity contribution >= 4 is 29.7 Å². The number of halogens is 2. The number of nitrogens with one attached hydrogen (secondary N) is 1. The van der Waals surface area contributed by atoms with Gasteiger partial charge < -0.3 is 11.1 Å². The van der Waals surface area contributed by atoms with E-state index in [9.17, 15) is 9.18 Å². The maximum atomic E-state index is 13.0. The van der Waals surface area contributed by atoms with Crippen molar-refractivity contribution in [2.24, 2.45) is 5.73 Å². The average Bonchev–Trinajstić information content (AvgIpc) is 3.18. The van der Waals surface area contributed by atoms with Gasteiger partial charge in [0.05, 0.1) is 10.4 Å². The number of hydrogen-bond donors (Lipinski definition) is 2. The fourth-order valence-corrected chi connectivity index (χ4v) is 3.87. The Bertz CT molecular complexity index is 665. The smallest absolute Gasteiger partial charge is 0.261 e. The Balaban J connectivity index is 0.00000192. The van der Waals surface area contributed by atoms with E-state index < -0.39 is 0 Å². The molecule has 1 saturated carbocycles. The van der Waals surface area contributed by atoms with Gasteiger partial charge in [0.15, 0.2) is 0 Å². The van der Waals surface area contributed by atoms with Gasteiger partial charge in [-0.3, -0.25) is 4.79 Å². The molecule has 3 rings (SSSR count). The molecule has 3 nitrogen and oxygen atoms in total. The second-order valence-electron chi connectivity index (χ2n) is 5.82. The molecule has 1 aromatic carbocycles. The zero-order valence-corrected chi connectivity index (χ0v) is 14.3. The normalized spacial score (nSPS) is 15.9. The van der Waals surface area contributed by atoms with Crippen molar-refractivity contribution < 1.29 is 9.18 Å². The van der Waals surface area contributed by atoms with Crippen molar-refractivity contribution in [3.8, 4) is 10.4 Å². The maximum absolute atomic E-state index is 13.0. The lowest BCUT2D eigenvalue weighted by Gasteiger charge is -2.28. The van der Waals surface area contributed by atoms with Crippen molar-refractivity contribution in [3.05, 3.63) is 47.1 Å². The molecule has 1 aromatic heterocycles. The van der Waals surface area contributed by atoms with Crippen LogP contribution in [0.2, 0.25) is 0 Å². The Morgan fingerprint density at radius 2 is 1.83 bits per heavy atom. The van der Waals surface area contributed by atoms with Gasteiger partial charge in [-0.2, -0.15) is 0 Å².